The lowest BCUT2D eigenvalue weighted by atomic mass is 10.1. The summed E-state index contributed by atoms with van der Waals surface area (Å²) >= 11 is 0. The zero-order valence-electron chi connectivity index (χ0n) is 15.7. The molecule has 2 aromatic heterocycles. The molecule has 0 bridgehead atoms. The van der Waals surface area contributed by atoms with E-state index in [2.05, 4.69) is 25.9 Å². The minimum atomic E-state index is -0.338. The van der Waals surface area contributed by atoms with Gasteiger partial charge in [0.05, 0.1) is 17.5 Å². The van der Waals surface area contributed by atoms with Gasteiger partial charge in [0.1, 0.15) is 0 Å². The Balaban J connectivity index is 1.84. The molecule has 9 heteroatoms. The largest absolute Gasteiger partial charge is 0.326 e. The van der Waals surface area contributed by atoms with E-state index in [1.54, 1.807) is 26.0 Å². The van der Waals surface area contributed by atoms with Crippen LogP contribution in [0.1, 0.15) is 35.0 Å². The van der Waals surface area contributed by atoms with Crippen molar-refractivity contribution in [2.24, 2.45) is 0 Å². The summed E-state index contributed by atoms with van der Waals surface area (Å²) in [6.07, 6.45) is 1.81. The molecule has 1 aromatic carbocycles. The van der Waals surface area contributed by atoms with Gasteiger partial charge in [-0.15, -0.1) is 0 Å². The second-order valence-electron chi connectivity index (χ2n) is 6.22. The van der Waals surface area contributed by atoms with Crippen LogP contribution >= 0.6 is 0 Å². The summed E-state index contributed by atoms with van der Waals surface area (Å²) < 4.78 is 1.47. The number of aromatic amines is 1. The fourth-order valence-corrected chi connectivity index (χ4v) is 2.59. The van der Waals surface area contributed by atoms with E-state index in [9.17, 15) is 14.4 Å². The van der Waals surface area contributed by atoms with Crippen molar-refractivity contribution in [1.29, 1.82) is 0 Å². The SMILES string of the molecule is CCC(=O)Nc1ccc(C)c(NC(=O)c2cnn(-c3ccc(=O)[nH]n3)c2C)c1. The first-order valence-electron chi connectivity index (χ1n) is 8.71. The predicted octanol–water partition coefficient (Wildman–Crippen LogP) is 2.17. The topological polar surface area (TPSA) is 122 Å². The van der Waals surface area contributed by atoms with Crippen LogP contribution in [0.4, 0.5) is 11.4 Å². The Labute approximate surface area is 160 Å². The van der Waals surface area contributed by atoms with Gasteiger partial charge in [0, 0.05) is 23.9 Å². The molecule has 0 aliphatic heterocycles. The summed E-state index contributed by atoms with van der Waals surface area (Å²) in [5, 5.41) is 16.1. The van der Waals surface area contributed by atoms with Crippen LogP contribution in [0.15, 0.2) is 41.3 Å². The summed E-state index contributed by atoms with van der Waals surface area (Å²) in [4.78, 5) is 35.5. The number of nitrogens with one attached hydrogen (secondary N) is 3. The van der Waals surface area contributed by atoms with Crippen molar-refractivity contribution in [2.75, 3.05) is 10.6 Å². The fraction of sp³-hybridized carbons (Fsp3) is 0.211. The third-order valence-corrected chi connectivity index (χ3v) is 4.23. The molecule has 2 amide bonds. The number of aromatic nitrogens is 4. The van der Waals surface area contributed by atoms with Crippen LogP contribution in [0.5, 0.6) is 0 Å². The van der Waals surface area contributed by atoms with E-state index >= 15 is 0 Å². The summed E-state index contributed by atoms with van der Waals surface area (Å²) in [6.45, 7) is 5.37. The highest BCUT2D eigenvalue weighted by molar-refractivity contribution is 6.05. The molecule has 3 aromatic rings. The monoisotopic (exact) mass is 380 g/mol. The summed E-state index contributed by atoms with van der Waals surface area (Å²) in [6, 6.07) is 8.17. The second kappa shape index (κ2) is 7.87. The van der Waals surface area contributed by atoms with Crippen molar-refractivity contribution in [3.05, 3.63) is 63.7 Å². The number of nitrogens with zero attached hydrogens (tertiary/aromatic N) is 3. The predicted molar refractivity (Wildman–Crippen MR) is 105 cm³/mol. The Bertz CT molecular complexity index is 1080. The number of carbonyl (C=O) groups is 2. The Kier molecular flexibility index (Phi) is 5.35. The molecule has 0 aliphatic carbocycles. The van der Waals surface area contributed by atoms with Crippen molar-refractivity contribution in [3.63, 3.8) is 0 Å². The molecule has 0 atom stereocenters. The number of benzene rings is 1. The van der Waals surface area contributed by atoms with Gasteiger partial charge >= 0.3 is 0 Å². The lowest BCUT2D eigenvalue weighted by Crippen LogP contribution is -2.15. The molecule has 0 saturated carbocycles. The molecule has 0 aliphatic rings. The number of hydrogen-bond acceptors (Lipinski definition) is 5. The molecule has 3 N–H and O–H groups in total. The number of amides is 2. The number of H-pyrrole nitrogens is 1. The highest BCUT2D eigenvalue weighted by Gasteiger charge is 2.17. The van der Waals surface area contributed by atoms with Gasteiger partial charge in [-0.3, -0.25) is 14.4 Å². The van der Waals surface area contributed by atoms with E-state index in [1.165, 1.54) is 23.0 Å². The van der Waals surface area contributed by atoms with Crippen LogP contribution < -0.4 is 16.2 Å². The van der Waals surface area contributed by atoms with Crippen LogP contribution in [0, 0.1) is 13.8 Å². The average Bonchev–Trinajstić information content (AvgIpc) is 3.06. The van der Waals surface area contributed by atoms with E-state index in [0.717, 1.165) is 5.56 Å². The van der Waals surface area contributed by atoms with Crippen molar-refractivity contribution in [1.82, 2.24) is 20.0 Å². The van der Waals surface area contributed by atoms with Crippen LogP contribution in [-0.2, 0) is 4.79 Å². The number of carbonyl (C=O) groups excluding carboxylic acids is 2. The molecular formula is C19H20N6O3. The molecule has 28 heavy (non-hydrogen) atoms. The molecule has 0 unspecified atom stereocenters. The van der Waals surface area contributed by atoms with Crippen LogP contribution in [0.2, 0.25) is 0 Å². The summed E-state index contributed by atoms with van der Waals surface area (Å²) in [5.74, 6) is -0.0431. The van der Waals surface area contributed by atoms with Gasteiger partial charge in [0.2, 0.25) is 5.91 Å². The van der Waals surface area contributed by atoms with E-state index in [1.807, 2.05) is 13.0 Å². The maximum atomic E-state index is 12.7. The van der Waals surface area contributed by atoms with Gasteiger partial charge in [-0.2, -0.15) is 10.2 Å². The summed E-state index contributed by atoms with van der Waals surface area (Å²) in [5.41, 5.74) is 2.68. The second-order valence-corrected chi connectivity index (χ2v) is 6.22. The third-order valence-electron chi connectivity index (χ3n) is 4.23. The van der Waals surface area contributed by atoms with E-state index in [0.29, 0.717) is 34.9 Å². The van der Waals surface area contributed by atoms with E-state index < -0.39 is 0 Å². The molecule has 0 saturated heterocycles. The normalized spacial score (nSPS) is 10.5. The van der Waals surface area contributed by atoms with Gasteiger partial charge in [-0.1, -0.05) is 13.0 Å². The van der Waals surface area contributed by atoms with Gasteiger partial charge in [-0.25, -0.2) is 9.78 Å². The number of hydrogen-bond donors (Lipinski definition) is 3. The average molecular weight is 380 g/mol. The Hall–Kier alpha value is -3.75. The molecule has 144 valence electrons. The highest BCUT2D eigenvalue weighted by atomic mass is 16.2. The maximum absolute atomic E-state index is 12.7. The molecule has 9 nitrogen and oxygen atoms in total. The van der Waals surface area contributed by atoms with Crippen molar-refractivity contribution >= 4 is 23.2 Å². The van der Waals surface area contributed by atoms with Crippen molar-refractivity contribution < 1.29 is 9.59 Å². The van der Waals surface area contributed by atoms with Crippen molar-refractivity contribution in [3.8, 4) is 5.82 Å². The highest BCUT2D eigenvalue weighted by Crippen LogP contribution is 2.22. The standard InChI is InChI=1S/C19H20N6O3/c1-4-17(26)21-13-6-5-11(2)15(9-13)22-19(28)14-10-20-25(12(14)3)16-7-8-18(27)24-23-16/h5-10H,4H2,1-3H3,(H,21,26)(H,22,28)(H,24,27). The molecule has 3 rings (SSSR count). The minimum absolute atomic E-state index is 0.105. The Morgan fingerprint density at radius 2 is 1.93 bits per heavy atom. The number of rotatable bonds is 5. The van der Waals surface area contributed by atoms with Crippen LogP contribution in [-0.4, -0.2) is 31.8 Å². The first-order chi connectivity index (χ1) is 13.4. The molecule has 0 radical (unpaired) electrons. The zero-order valence-corrected chi connectivity index (χ0v) is 15.7. The van der Waals surface area contributed by atoms with Crippen LogP contribution in [0.25, 0.3) is 5.82 Å². The van der Waals surface area contributed by atoms with E-state index in [-0.39, 0.29) is 17.4 Å². The smallest absolute Gasteiger partial charge is 0.264 e. The lowest BCUT2D eigenvalue weighted by Gasteiger charge is -2.11. The first-order valence-corrected chi connectivity index (χ1v) is 8.71. The minimum Gasteiger partial charge on any atom is -0.326 e. The maximum Gasteiger partial charge on any atom is 0.264 e. The van der Waals surface area contributed by atoms with E-state index in [4.69, 9.17) is 0 Å². The van der Waals surface area contributed by atoms with Gasteiger partial charge in [-0.05, 0) is 37.6 Å². The third kappa shape index (κ3) is 3.98. The number of anilines is 2. The lowest BCUT2D eigenvalue weighted by molar-refractivity contribution is -0.115. The molecule has 0 fully saturated rings. The molecular weight excluding hydrogens is 360 g/mol. The quantitative estimate of drug-likeness (QED) is 0.626. The Morgan fingerprint density at radius 1 is 1.14 bits per heavy atom. The summed E-state index contributed by atoms with van der Waals surface area (Å²) in [7, 11) is 0. The molecule has 2 heterocycles. The van der Waals surface area contributed by atoms with Gasteiger partial charge < -0.3 is 10.6 Å². The Morgan fingerprint density at radius 3 is 2.61 bits per heavy atom. The fourth-order valence-electron chi connectivity index (χ4n) is 2.59. The molecule has 0 spiro atoms. The van der Waals surface area contributed by atoms with Gasteiger partial charge in [0.15, 0.2) is 5.82 Å². The van der Waals surface area contributed by atoms with Crippen LogP contribution in [0.3, 0.4) is 0 Å². The van der Waals surface area contributed by atoms with Gasteiger partial charge in [0.25, 0.3) is 11.5 Å². The van der Waals surface area contributed by atoms with Crippen molar-refractivity contribution in [2.45, 2.75) is 27.2 Å². The first kappa shape index (κ1) is 19.0. The zero-order chi connectivity index (χ0) is 20.3. The number of aryl methyl sites for hydroxylation is 1.